The molecule has 110 valence electrons. The van der Waals surface area contributed by atoms with E-state index >= 15 is 0 Å². The third-order valence-electron chi connectivity index (χ3n) is 2.93. The van der Waals surface area contributed by atoms with Crippen molar-refractivity contribution in [3.05, 3.63) is 58.1 Å². The van der Waals surface area contributed by atoms with Crippen LogP contribution in [0.15, 0.2) is 46.9 Å². The quantitative estimate of drug-likeness (QED) is 0.843. The van der Waals surface area contributed by atoms with Gasteiger partial charge in [-0.3, -0.25) is 4.79 Å². The van der Waals surface area contributed by atoms with Gasteiger partial charge >= 0.3 is 0 Å². The first-order valence-electron chi connectivity index (χ1n) is 6.90. The lowest BCUT2D eigenvalue weighted by molar-refractivity contribution is 0.102. The van der Waals surface area contributed by atoms with Crippen LogP contribution in [-0.4, -0.2) is 12.5 Å². The Labute approximate surface area is 133 Å². The van der Waals surface area contributed by atoms with E-state index in [4.69, 9.17) is 4.74 Å². The fourth-order valence-electron chi connectivity index (χ4n) is 1.90. The number of carbonyl (C=O) groups excluding carboxylic acids is 1. The Balaban J connectivity index is 2.14. The predicted octanol–water partition coefficient (Wildman–Crippen LogP) is 4.80. The molecular weight excluding hydrogens is 330 g/mol. The van der Waals surface area contributed by atoms with E-state index in [-0.39, 0.29) is 5.91 Å². The van der Waals surface area contributed by atoms with Gasteiger partial charge in [-0.25, -0.2) is 0 Å². The van der Waals surface area contributed by atoms with Crippen LogP contribution >= 0.6 is 15.9 Å². The van der Waals surface area contributed by atoms with Gasteiger partial charge in [0, 0.05) is 16.2 Å². The normalized spacial score (nSPS) is 10.2. The smallest absolute Gasteiger partial charge is 0.256 e. The van der Waals surface area contributed by atoms with Crippen LogP contribution in [0.25, 0.3) is 0 Å². The van der Waals surface area contributed by atoms with Crippen molar-refractivity contribution >= 4 is 27.5 Å². The van der Waals surface area contributed by atoms with Gasteiger partial charge < -0.3 is 10.1 Å². The highest BCUT2D eigenvalue weighted by atomic mass is 79.9. The Morgan fingerprint density at radius 2 is 2.05 bits per heavy atom. The molecule has 0 spiro atoms. The molecule has 0 aliphatic heterocycles. The molecule has 0 heterocycles. The second-order valence-electron chi connectivity index (χ2n) is 4.81. The average molecular weight is 348 g/mol. The Morgan fingerprint density at radius 1 is 1.24 bits per heavy atom. The van der Waals surface area contributed by atoms with Gasteiger partial charge in [-0.2, -0.15) is 0 Å². The minimum atomic E-state index is -0.141. The first-order chi connectivity index (χ1) is 10.1. The molecule has 0 saturated heterocycles. The molecule has 0 aliphatic rings. The first kappa shape index (κ1) is 15.6. The summed E-state index contributed by atoms with van der Waals surface area (Å²) < 4.78 is 6.35. The van der Waals surface area contributed by atoms with Crippen LogP contribution in [0, 0.1) is 6.92 Å². The van der Waals surface area contributed by atoms with Crippen molar-refractivity contribution in [2.75, 3.05) is 11.9 Å². The number of nitrogens with one attached hydrogen (secondary N) is 1. The summed E-state index contributed by atoms with van der Waals surface area (Å²) in [4.78, 5) is 12.3. The number of benzene rings is 2. The summed E-state index contributed by atoms with van der Waals surface area (Å²) in [5.41, 5.74) is 2.39. The number of carbonyl (C=O) groups is 1. The van der Waals surface area contributed by atoms with E-state index in [9.17, 15) is 4.79 Å². The van der Waals surface area contributed by atoms with Crippen molar-refractivity contribution in [3.8, 4) is 5.75 Å². The van der Waals surface area contributed by atoms with Crippen molar-refractivity contribution in [2.45, 2.75) is 20.3 Å². The maximum absolute atomic E-state index is 12.3. The second-order valence-corrected chi connectivity index (χ2v) is 5.67. The van der Waals surface area contributed by atoms with Crippen LogP contribution in [0.2, 0.25) is 0 Å². The topological polar surface area (TPSA) is 38.3 Å². The molecule has 4 heteroatoms. The lowest BCUT2D eigenvalue weighted by Gasteiger charge is -2.10. The molecule has 2 aromatic carbocycles. The lowest BCUT2D eigenvalue weighted by Crippen LogP contribution is -2.12. The number of anilines is 1. The number of hydrogen-bond acceptors (Lipinski definition) is 2. The molecule has 0 aromatic heterocycles. The maximum Gasteiger partial charge on any atom is 0.256 e. The molecule has 0 unspecified atom stereocenters. The van der Waals surface area contributed by atoms with Gasteiger partial charge in [-0.05, 0) is 53.5 Å². The van der Waals surface area contributed by atoms with Gasteiger partial charge in [0.2, 0.25) is 0 Å². The van der Waals surface area contributed by atoms with Crippen LogP contribution in [0.3, 0.4) is 0 Å². The van der Waals surface area contributed by atoms with Crippen LogP contribution < -0.4 is 10.1 Å². The molecule has 0 aliphatic carbocycles. The summed E-state index contributed by atoms with van der Waals surface area (Å²) in [5.74, 6) is 0.621. The third kappa shape index (κ3) is 4.33. The molecule has 0 bridgehead atoms. The van der Waals surface area contributed by atoms with E-state index in [0.29, 0.717) is 12.2 Å². The van der Waals surface area contributed by atoms with Gasteiger partial charge in [-0.1, -0.05) is 24.6 Å². The van der Waals surface area contributed by atoms with E-state index in [1.165, 1.54) is 0 Å². The zero-order valence-electron chi connectivity index (χ0n) is 12.2. The number of rotatable bonds is 5. The summed E-state index contributed by atoms with van der Waals surface area (Å²) in [6.07, 6.45) is 0.951. The summed E-state index contributed by atoms with van der Waals surface area (Å²) in [5, 5.41) is 2.89. The van der Waals surface area contributed by atoms with E-state index in [2.05, 4.69) is 28.2 Å². The van der Waals surface area contributed by atoms with Crippen molar-refractivity contribution in [1.82, 2.24) is 0 Å². The average Bonchev–Trinajstić information content (AvgIpc) is 2.48. The SMILES string of the molecule is CCCOc1cccc(NC(=O)c2cc(C)ccc2Br)c1. The van der Waals surface area contributed by atoms with E-state index < -0.39 is 0 Å². The fourth-order valence-corrected chi connectivity index (χ4v) is 2.32. The van der Waals surface area contributed by atoms with Crippen molar-refractivity contribution in [3.63, 3.8) is 0 Å². The summed E-state index contributed by atoms with van der Waals surface area (Å²) in [6.45, 7) is 4.68. The van der Waals surface area contributed by atoms with Gasteiger partial charge in [0.15, 0.2) is 0 Å². The van der Waals surface area contributed by atoms with E-state index in [1.807, 2.05) is 49.4 Å². The standard InChI is InChI=1S/C17H18BrNO2/c1-3-9-21-14-6-4-5-13(11-14)19-17(20)15-10-12(2)7-8-16(15)18/h4-8,10-11H,3,9H2,1-2H3,(H,19,20). The zero-order chi connectivity index (χ0) is 15.2. The first-order valence-corrected chi connectivity index (χ1v) is 7.70. The molecule has 0 atom stereocenters. The molecule has 0 fully saturated rings. The number of amides is 1. The Bertz CT molecular complexity index is 640. The Hall–Kier alpha value is -1.81. The highest BCUT2D eigenvalue weighted by Crippen LogP contribution is 2.22. The van der Waals surface area contributed by atoms with Crippen molar-refractivity contribution < 1.29 is 9.53 Å². The number of aryl methyl sites for hydroxylation is 1. The summed E-state index contributed by atoms with van der Waals surface area (Å²) in [6, 6.07) is 13.1. The molecular formula is C17H18BrNO2. The molecule has 0 saturated carbocycles. The van der Waals surface area contributed by atoms with Crippen molar-refractivity contribution in [2.24, 2.45) is 0 Å². The predicted molar refractivity (Wildman–Crippen MR) is 89.1 cm³/mol. The van der Waals surface area contributed by atoms with Gasteiger partial charge in [-0.15, -0.1) is 0 Å². The van der Waals surface area contributed by atoms with E-state index in [0.717, 1.165) is 27.9 Å². The maximum atomic E-state index is 12.3. The summed E-state index contributed by atoms with van der Waals surface area (Å²) >= 11 is 3.41. The van der Waals surface area contributed by atoms with Gasteiger partial charge in [0.25, 0.3) is 5.91 Å². The molecule has 2 aromatic rings. The molecule has 0 radical (unpaired) electrons. The molecule has 2 rings (SSSR count). The van der Waals surface area contributed by atoms with Gasteiger partial charge in [0.05, 0.1) is 12.2 Å². The van der Waals surface area contributed by atoms with Crippen molar-refractivity contribution in [1.29, 1.82) is 0 Å². The van der Waals surface area contributed by atoms with Crippen LogP contribution in [0.1, 0.15) is 29.3 Å². The van der Waals surface area contributed by atoms with Crippen LogP contribution in [0.4, 0.5) is 5.69 Å². The Kier molecular flexibility index (Phi) is 5.39. The number of hydrogen-bond donors (Lipinski definition) is 1. The van der Waals surface area contributed by atoms with Gasteiger partial charge in [0.1, 0.15) is 5.75 Å². The highest BCUT2D eigenvalue weighted by molar-refractivity contribution is 9.10. The zero-order valence-corrected chi connectivity index (χ0v) is 13.7. The molecule has 3 nitrogen and oxygen atoms in total. The number of ether oxygens (including phenoxy) is 1. The Morgan fingerprint density at radius 3 is 2.81 bits per heavy atom. The van der Waals surface area contributed by atoms with Crippen LogP contribution in [-0.2, 0) is 0 Å². The largest absolute Gasteiger partial charge is 0.494 e. The molecule has 1 amide bonds. The van der Waals surface area contributed by atoms with Crippen LogP contribution in [0.5, 0.6) is 5.75 Å². The summed E-state index contributed by atoms with van der Waals surface area (Å²) in [7, 11) is 0. The monoisotopic (exact) mass is 347 g/mol. The number of halogens is 1. The second kappa shape index (κ2) is 7.27. The molecule has 21 heavy (non-hydrogen) atoms. The minimum absolute atomic E-state index is 0.141. The lowest BCUT2D eigenvalue weighted by atomic mass is 10.1. The van der Waals surface area contributed by atoms with E-state index in [1.54, 1.807) is 0 Å². The minimum Gasteiger partial charge on any atom is -0.494 e. The fraction of sp³-hybridized carbons (Fsp3) is 0.235. The highest BCUT2D eigenvalue weighted by Gasteiger charge is 2.10. The molecule has 1 N–H and O–H groups in total. The third-order valence-corrected chi connectivity index (χ3v) is 3.62.